The molecule has 0 saturated carbocycles. The minimum Gasteiger partial charge on any atom is -0.383 e. The Kier molecular flexibility index (Phi) is 8.86. The van der Waals surface area contributed by atoms with Crippen LogP contribution >= 0.6 is 0 Å². The average molecular weight is 307 g/mol. The first kappa shape index (κ1) is 18.1. The standard InChI is InChI=1S/C16H25N3O3/c1-14(20)17-8-9-18-16(21)13-19(10-11-22-2)12-15-6-4-3-5-7-15/h3-7H,8-13H2,1-2H3,(H,17,20)(H,18,21). The number of benzene rings is 1. The van der Waals surface area contributed by atoms with Gasteiger partial charge in [-0.05, 0) is 5.56 Å². The van der Waals surface area contributed by atoms with Gasteiger partial charge in [-0.25, -0.2) is 0 Å². The van der Waals surface area contributed by atoms with Gasteiger partial charge in [0.2, 0.25) is 11.8 Å². The van der Waals surface area contributed by atoms with Crippen molar-refractivity contribution < 1.29 is 14.3 Å². The maximum absolute atomic E-state index is 11.9. The molecule has 0 bridgehead atoms. The van der Waals surface area contributed by atoms with Gasteiger partial charge in [0.25, 0.3) is 0 Å². The van der Waals surface area contributed by atoms with E-state index in [1.807, 2.05) is 35.2 Å². The summed E-state index contributed by atoms with van der Waals surface area (Å²) in [5.74, 6) is -0.155. The molecule has 0 fully saturated rings. The van der Waals surface area contributed by atoms with Crippen LogP contribution < -0.4 is 10.6 Å². The van der Waals surface area contributed by atoms with Crippen LogP contribution in [0, 0.1) is 0 Å². The van der Waals surface area contributed by atoms with Gasteiger partial charge in [-0.3, -0.25) is 14.5 Å². The molecule has 1 aromatic rings. The quantitative estimate of drug-likeness (QED) is 0.613. The Hall–Kier alpha value is -1.92. The highest BCUT2D eigenvalue weighted by Crippen LogP contribution is 2.04. The Morgan fingerprint density at radius 1 is 1.14 bits per heavy atom. The van der Waals surface area contributed by atoms with Crippen LogP contribution in [0.2, 0.25) is 0 Å². The Morgan fingerprint density at radius 2 is 1.82 bits per heavy atom. The third-order valence-electron chi connectivity index (χ3n) is 3.05. The van der Waals surface area contributed by atoms with Gasteiger partial charge < -0.3 is 15.4 Å². The van der Waals surface area contributed by atoms with E-state index in [-0.39, 0.29) is 11.8 Å². The van der Waals surface area contributed by atoms with Crippen LogP contribution in [-0.4, -0.2) is 56.6 Å². The van der Waals surface area contributed by atoms with Gasteiger partial charge in [-0.15, -0.1) is 0 Å². The summed E-state index contributed by atoms with van der Waals surface area (Å²) in [5, 5.41) is 5.44. The van der Waals surface area contributed by atoms with E-state index in [1.165, 1.54) is 6.92 Å². The highest BCUT2D eigenvalue weighted by atomic mass is 16.5. The zero-order valence-electron chi connectivity index (χ0n) is 13.3. The van der Waals surface area contributed by atoms with Gasteiger partial charge in [-0.1, -0.05) is 30.3 Å². The van der Waals surface area contributed by atoms with Crippen molar-refractivity contribution in [2.24, 2.45) is 0 Å². The Labute approximate surface area is 131 Å². The number of nitrogens with zero attached hydrogens (tertiary/aromatic N) is 1. The largest absolute Gasteiger partial charge is 0.383 e. The van der Waals surface area contributed by atoms with E-state index >= 15 is 0 Å². The zero-order chi connectivity index (χ0) is 16.2. The summed E-state index contributed by atoms with van der Waals surface area (Å²) in [6.45, 7) is 4.59. The maximum Gasteiger partial charge on any atom is 0.234 e. The van der Waals surface area contributed by atoms with Crippen LogP contribution in [0.15, 0.2) is 30.3 Å². The van der Waals surface area contributed by atoms with Gasteiger partial charge in [0.1, 0.15) is 0 Å². The lowest BCUT2D eigenvalue weighted by molar-refractivity contribution is -0.123. The fourth-order valence-electron chi connectivity index (χ4n) is 1.98. The second kappa shape index (κ2) is 10.8. The molecule has 22 heavy (non-hydrogen) atoms. The Morgan fingerprint density at radius 3 is 2.45 bits per heavy atom. The van der Waals surface area contributed by atoms with Crippen molar-refractivity contribution in [3.8, 4) is 0 Å². The van der Waals surface area contributed by atoms with Crippen molar-refractivity contribution in [3.05, 3.63) is 35.9 Å². The maximum atomic E-state index is 11.9. The van der Waals surface area contributed by atoms with Gasteiger partial charge in [-0.2, -0.15) is 0 Å². The van der Waals surface area contributed by atoms with E-state index in [1.54, 1.807) is 7.11 Å². The van der Waals surface area contributed by atoms with Crippen molar-refractivity contribution in [3.63, 3.8) is 0 Å². The monoisotopic (exact) mass is 307 g/mol. The van der Waals surface area contributed by atoms with Crippen molar-refractivity contribution in [1.29, 1.82) is 0 Å². The first-order valence-electron chi connectivity index (χ1n) is 7.38. The summed E-state index contributed by atoms with van der Waals surface area (Å²) in [6, 6.07) is 10.0. The lowest BCUT2D eigenvalue weighted by Crippen LogP contribution is -2.41. The first-order chi connectivity index (χ1) is 10.6. The van der Waals surface area contributed by atoms with E-state index < -0.39 is 0 Å². The van der Waals surface area contributed by atoms with Crippen molar-refractivity contribution >= 4 is 11.8 Å². The molecule has 0 aliphatic carbocycles. The average Bonchev–Trinajstić information content (AvgIpc) is 2.50. The predicted octanol–water partition coefficient (Wildman–Crippen LogP) is 0.387. The van der Waals surface area contributed by atoms with Crippen LogP contribution in [0.4, 0.5) is 0 Å². The molecule has 122 valence electrons. The van der Waals surface area contributed by atoms with E-state index in [4.69, 9.17) is 4.74 Å². The minimum absolute atomic E-state index is 0.0580. The van der Waals surface area contributed by atoms with Crippen molar-refractivity contribution in [2.75, 3.05) is 39.9 Å². The van der Waals surface area contributed by atoms with Crippen molar-refractivity contribution in [1.82, 2.24) is 15.5 Å². The molecule has 1 aromatic carbocycles. The molecule has 0 aromatic heterocycles. The second-order valence-corrected chi connectivity index (χ2v) is 5.02. The normalized spacial score (nSPS) is 10.5. The topological polar surface area (TPSA) is 70.7 Å². The molecule has 1 rings (SSSR count). The Balaban J connectivity index is 2.39. The predicted molar refractivity (Wildman–Crippen MR) is 85.3 cm³/mol. The number of nitrogens with one attached hydrogen (secondary N) is 2. The number of rotatable bonds is 10. The van der Waals surface area contributed by atoms with E-state index in [2.05, 4.69) is 10.6 Å². The second-order valence-electron chi connectivity index (χ2n) is 5.02. The van der Waals surface area contributed by atoms with Crippen LogP contribution in [0.25, 0.3) is 0 Å². The molecule has 0 spiro atoms. The van der Waals surface area contributed by atoms with E-state index in [0.717, 1.165) is 5.56 Å². The number of carbonyl (C=O) groups is 2. The van der Waals surface area contributed by atoms with Gasteiger partial charge in [0.05, 0.1) is 13.2 Å². The highest BCUT2D eigenvalue weighted by molar-refractivity contribution is 5.78. The number of carbonyl (C=O) groups excluding carboxylic acids is 2. The Bertz CT molecular complexity index is 451. The molecule has 2 N–H and O–H groups in total. The molecule has 6 nitrogen and oxygen atoms in total. The number of ether oxygens (including phenoxy) is 1. The van der Waals surface area contributed by atoms with Crippen LogP contribution in [0.5, 0.6) is 0 Å². The smallest absolute Gasteiger partial charge is 0.234 e. The molecular formula is C16H25N3O3. The molecule has 0 atom stereocenters. The molecule has 0 aliphatic heterocycles. The zero-order valence-corrected chi connectivity index (χ0v) is 13.3. The minimum atomic E-state index is -0.0972. The summed E-state index contributed by atoms with van der Waals surface area (Å²) < 4.78 is 5.10. The summed E-state index contributed by atoms with van der Waals surface area (Å²) in [5.41, 5.74) is 1.16. The fraction of sp³-hybridized carbons (Fsp3) is 0.500. The van der Waals surface area contributed by atoms with Crippen molar-refractivity contribution in [2.45, 2.75) is 13.5 Å². The number of hydrogen-bond donors (Lipinski definition) is 2. The molecule has 0 aliphatic rings. The first-order valence-corrected chi connectivity index (χ1v) is 7.38. The third kappa shape index (κ3) is 8.39. The molecule has 0 saturated heterocycles. The summed E-state index contributed by atoms with van der Waals surface area (Å²) in [6.07, 6.45) is 0. The third-order valence-corrected chi connectivity index (χ3v) is 3.05. The van der Waals surface area contributed by atoms with Gasteiger partial charge in [0.15, 0.2) is 0 Å². The molecule has 2 amide bonds. The SMILES string of the molecule is COCCN(CC(=O)NCCNC(C)=O)Cc1ccccc1. The number of hydrogen-bond acceptors (Lipinski definition) is 4. The number of methoxy groups -OCH3 is 1. The lowest BCUT2D eigenvalue weighted by atomic mass is 10.2. The van der Waals surface area contributed by atoms with Gasteiger partial charge in [0, 0.05) is 40.2 Å². The molecular weight excluding hydrogens is 282 g/mol. The number of amides is 2. The van der Waals surface area contributed by atoms with Crippen LogP contribution in [-0.2, 0) is 20.9 Å². The highest BCUT2D eigenvalue weighted by Gasteiger charge is 2.11. The van der Waals surface area contributed by atoms with Crippen LogP contribution in [0.1, 0.15) is 12.5 Å². The van der Waals surface area contributed by atoms with Crippen LogP contribution in [0.3, 0.4) is 0 Å². The fourth-order valence-corrected chi connectivity index (χ4v) is 1.98. The van der Waals surface area contributed by atoms with Gasteiger partial charge >= 0.3 is 0 Å². The summed E-state index contributed by atoms with van der Waals surface area (Å²) in [7, 11) is 1.65. The van der Waals surface area contributed by atoms with E-state index in [0.29, 0.717) is 39.3 Å². The molecule has 6 heteroatoms. The molecule has 0 heterocycles. The van der Waals surface area contributed by atoms with E-state index in [9.17, 15) is 9.59 Å². The molecule has 0 unspecified atom stereocenters. The lowest BCUT2D eigenvalue weighted by Gasteiger charge is -2.21. The summed E-state index contributed by atoms with van der Waals surface area (Å²) >= 11 is 0. The molecule has 0 radical (unpaired) electrons. The summed E-state index contributed by atoms with van der Waals surface area (Å²) in [4.78, 5) is 24.7.